The molecule has 0 aliphatic carbocycles. The fourth-order valence-corrected chi connectivity index (χ4v) is 2.74. The third-order valence-electron chi connectivity index (χ3n) is 3.89. The van der Waals surface area contributed by atoms with Gasteiger partial charge in [0.05, 0.1) is 6.20 Å². The number of hydrogen-bond acceptors (Lipinski definition) is 4. The average Bonchev–Trinajstić information content (AvgIpc) is 2.93. The molecule has 2 aromatic heterocycles. The van der Waals surface area contributed by atoms with E-state index in [4.69, 9.17) is 0 Å². The number of anilines is 1. The summed E-state index contributed by atoms with van der Waals surface area (Å²) in [5.41, 5.74) is 0.918. The Morgan fingerprint density at radius 1 is 1.37 bits per heavy atom. The predicted octanol–water partition coefficient (Wildman–Crippen LogP) is 1.56. The summed E-state index contributed by atoms with van der Waals surface area (Å²) in [6, 6.07) is 4.01. The summed E-state index contributed by atoms with van der Waals surface area (Å²) in [6.07, 6.45) is 6.31. The summed E-state index contributed by atoms with van der Waals surface area (Å²) < 4.78 is 1.81. The van der Waals surface area contributed by atoms with Crippen molar-refractivity contribution in [2.24, 2.45) is 5.92 Å². The topological polar surface area (TPSA) is 45.5 Å². The van der Waals surface area contributed by atoms with Gasteiger partial charge in [0.2, 0.25) is 0 Å². The summed E-state index contributed by atoms with van der Waals surface area (Å²) in [4.78, 5) is 7.06. The first-order chi connectivity index (χ1) is 9.36. The summed E-state index contributed by atoms with van der Waals surface area (Å²) in [6.45, 7) is 6.61. The van der Waals surface area contributed by atoms with Gasteiger partial charge in [-0.3, -0.25) is 0 Å². The van der Waals surface area contributed by atoms with Gasteiger partial charge in [0.25, 0.3) is 0 Å². The summed E-state index contributed by atoms with van der Waals surface area (Å²) in [5, 5.41) is 7.61. The van der Waals surface area contributed by atoms with E-state index < -0.39 is 0 Å². The van der Waals surface area contributed by atoms with Crippen molar-refractivity contribution >= 4 is 11.5 Å². The van der Waals surface area contributed by atoms with Crippen molar-refractivity contribution in [1.29, 1.82) is 0 Å². The molecule has 0 saturated carbocycles. The van der Waals surface area contributed by atoms with Crippen molar-refractivity contribution in [3.63, 3.8) is 0 Å². The van der Waals surface area contributed by atoms with Crippen LogP contribution >= 0.6 is 0 Å². The third-order valence-corrected chi connectivity index (χ3v) is 3.89. The second-order valence-corrected chi connectivity index (χ2v) is 5.15. The molecule has 0 amide bonds. The SMILES string of the molecule is CCN(CC1CCNCC1)c1ccn2nccc2n1. The molecule has 1 fully saturated rings. The molecule has 5 heteroatoms. The number of nitrogens with zero attached hydrogens (tertiary/aromatic N) is 4. The Labute approximate surface area is 113 Å². The van der Waals surface area contributed by atoms with Crippen LogP contribution in [0.4, 0.5) is 5.82 Å². The molecule has 3 heterocycles. The number of fused-ring (bicyclic) bond motifs is 1. The zero-order chi connectivity index (χ0) is 13.1. The fraction of sp³-hybridized carbons (Fsp3) is 0.571. The smallest absolute Gasteiger partial charge is 0.157 e. The standard InChI is InChI=1S/C14H21N5/c1-2-18(11-12-3-7-15-8-4-12)13-6-10-19-14(17-13)5-9-16-19/h5-6,9-10,12,15H,2-4,7-8,11H2,1H3. The van der Waals surface area contributed by atoms with E-state index in [2.05, 4.69) is 33.3 Å². The van der Waals surface area contributed by atoms with Crippen molar-refractivity contribution in [2.75, 3.05) is 31.1 Å². The molecule has 102 valence electrons. The molecule has 0 radical (unpaired) electrons. The molecular weight excluding hydrogens is 238 g/mol. The number of aromatic nitrogens is 3. The molecule has 1 aliphatic rings. The van der Waals surface area contributed by atoms with E-state index in [0.717, 1.165) is 43.6 Å². The highest BCUT2D eigenvalue weighted by Gasteiger charge is 2.17. The number of rotatable bonds is 4. The average molecular weight is 259 g/mol. The van der Waals surface area contributed by atoms with Gasteiger partial charge in [0.1, 0.15) is 5.82 Å². The summed E-state index contributed by atoms with van der Waals surface area (Å²) >= 11 is 0. The largest absolute Gasteiger partial charge is 0.357 e. The molecule has 2 aromatic rings. The van der Waals surface area contributed by atoms with Crippen molar-refractivity contribution in [3.8, 4) is 0 Å². The van der Waals surface area contributed by atoms with Crippen LogP contribution in [0.15, 0.2) is 24.5 Å². The molecule has 0 spiro atoms. The maximum absolute atomic E-state index is 4.68. The second-order valence-electron chi connectivity index (χ2n) is 5.15. The monoisotopic (exact) mass is 259 g/mol. The van der Waals surface area contributed by atoms with E-state index in [9.17, 15) is 0 Å². The van der Waals surface area contributed by atoms with Crippen molar-refractivity contribution < 1.29 is 0 Å². The number of piperidine rings is 1. The van der Waals surface area contributed by atoms with Gasteiger partial charge in [-0.25, -0.2) is 9.50 Å². The van der Waals surface area contributed by atoms with E-state index in [1.54, 1.807) is 6.20 Å². The first kappa shape index (κ1) is 12.4. The molecule has 3 rings (SSSR count). The predicted molar refractivity (Wildman–Crippen MR) is 76.5 cm³/mol. The van der Waals surface area contributed by atoms with E-state index in [1.165, 1.54) is 12.8 Å². The second kappa shape index (κ2) is 5.57. The molecule has 0 unspecified atom stereocenters. The molecule has 5 nitrogen and oxygen atoms in total. The fourth-order valence-electron chi connectivity index (χ4n) is 2.74. The van der Waals surface area contributed by atoms with Gasteiger partial charge >= 0.3 is 0 Å². The van der Waals surface area contributed by atoms with Gasteiger partial charge in [0, 0.05) is 25.4 Å². The van der Waals surface area contributed by atoms with Crippen LogP contribution in [0.5, 0.6) is 0 Å². The van der Waals surface area contributed by atoms with Crippen molar-refractivity contribution in [3.05, 3.63) is 24.5 Å². The Kier molecular flexibility index (Phi) is 3.64. The maximum atomic E-state index is 4.68. The van der Waals surface area contributed by atoms with Gasteiger partial charge < -0.3 is 10.2 Å². The lowest BCUT2D eigenvalue weighted by molar-refractivity contribution is 0.374. The van der Waals surface area contributed by atoms with E-state index in [1.807, 2.05) is 16.8 Å². The van der Waals surface area contributed by atoms with Crippen molar-refractivity contribution in [2.45, 2.75) is 19.8 Å². The Bertz CT molecular complexity index is 529. The van der Waals surface area contributed by atoms with Gasteiger partial charge in [-0.2, -0.15) is 5.10 Å². The molecule has 1 N–H and O–H groups in total. The van der Waals surface area contributed by atoms with Crippen LogP contribution in [0.3, 0.4) is 0 Å². The number of nitrogens with one attached hydrogen (secondary N) is 1. The van der Waals surface area contributed by atoms with E-state index >= 15 is 0 Å². The minimum Gasteiger partial charge on any atom is -0.357 e. The van der Waals surface area contributed by atoms with E-state index in [0.29, 0.717) is 0 Å². The molecule has 0 aromatic carbocycles. The normalized spacial score (nSPS) is 16.9. The first-order valence-corrected chi connectivity index (χ1v) is 7.13. The molecular formula is C14H21N5. The highest BCUT2D eigenvalue weighted by molar-refractivity contribution is 5.47. The number of hydrogen-bond donors (Lipinski definition) is 1. The lowest BCUT2D eigenvalue weighted by atomic mass is 9.97. The van der Waals surface area contributed by atoms with Crippen molar-refractivity contribution in [1.82, 2.24) is 19.9 Å². The highest BCUT2D eigenvalue weighted by Crippen LogP contribution is 2.18. The molecule has 1 aliphatic heterocycles. The van der Waals surface area contributed by atoms with Crippen LogP contribution in [0.25, 0.3) is 5.65 Å². The zero-order valence-corrected chi connectivity index (χ0v) is 11.4. The Morgan fingerprint density at radius 3 is 3.00 bits per heavy atom. The highest BCUT2D eigenvalue weighted by atomic mass is 15.3. The molecule has 19 heavy (non-hydrogen) atoms. The third kappa shape index (κ3) is 2.71. The first-order valence-electron chi connectivity index (χ1n) is 7.13. The summed E-state index contributed by atoms with van der Waals surface area (Å²) in [5.74, 6) is 1.85. The van der Waals surface area contributed by atoms with Crippen LogP contribution in [0.2, 0.25) is 0 Å². The van der Waals surface area contributed by atoms with Crippen LogP contribution in [-0.4, -0.2) is 40.8 Å². The molecule has 0 atom stereocenters. The summed E-state index contributed by atoms with van der Waals surface area (Å²) in [7, 11) is 0. The van der Waals surface area contributed by atoms with E-state index in [-0.39, 0.29) is 0 Å². The lowest BCUT2D eigenvalue weighted by Crippen LogP contribution is -2.36. The van der Waals surface area contributed by atoms with Gasteiger partial charge in [-0.1, -0.05) is 0 Å². The molecule has 0 bridgehead atoms. The van der Waals surface area contributed by atoms with Gasteiger partial charge in [-0.15, -0.1) is 0 Å². The quantitative estimate of drug-likeness (QED) is 0.905. The minimum atomic E-state index is 0.782. The molecule has 1 saturated heterocycles. The Balaban J connectivity index is 1.76. The maximum Gasteiger partial charge on any atom is 0.157 e. The van der Waals surface area contributed by atoms with Gasteiger partial charge in [-0.05, 0) is 44.8 Å². The van der Waals surface area contributed by atoms with Crippen LogP contribution in [0.1, 0.15) is 19.8 Å². The zero-order valence-electron chi connectivity index (χ0n) is 11.4. The van der Waals surface area contributed by atoms with Crippen LogP contribution in [-0.2, 0) is 0 Å². The van der Waals surface area contributed by atoms with Gasteiger partial charge in [0.15, 0.2) is 5.65 Å². The lowest BCUT2D eigenvalue weighted by Gasteiger charge is -2.30. The Morgan fingerprint density at radius 2 is 2.21 bits per heavy atom. The Hall–Kier alpha value is -1.62. The van der Waals surface area contributed by atoms with Crippen LogP contribution in [0, 0.1) is 5.92 Å². The van der Waals surface area contributed by atoms with Crippen LogP contribution < -0.4 is 10.2 Å². The minimum absolute atomic E-state index is 0.782.